The van der Waals surface area contributed by atoms with Crippen LogP contribution in [-0.4, -0.2) is 86.4 Å². The molecule has 5 heterocycles. The van der Waals surface area contributed by atoms with E-state index in [1.54, 1.807) is 13.0 Å². The molecule has 2 amide bonds. The van der Waals surface area contributed by atoms with Crippen molar-refractivity contribution in [2.45, 2.75) is 29.4 Å². The fourth-order valence-corrected chi connectivity index (χ4v) is 7.11. The second-order valence-electron chi connectivity index (χ2n) is 8.25. The van der Waals surface area contributed by atoms with Gasteiger partial charge in [-0.1, -0.05) is 0 Å². The van der Waals surface area contributed by atoms with Crippen LogP contribution in [0.1, 0.15) is 28.0 Å². The predicted octanol–water partition coefficient (Wildman–Crippen LogP) is 0.508. The van der Waals surface area contributed by atoms with Crippen LogP contribution < -0.4 is 11.1 Å². The van der Waals surface area contributed by atoms with Gasteiger partial charge in [-0.05, 0) is 23.7 Å². The molecule has 5 rings (SSSR count). The molecule has 2 aliphatic rings. The molecule has 19 heteroatoms. The second-order valence-corrected chi connectivity index (χ2v) is 11.2. The van der Waals surface area contributed by atoms with Crippen molar-refractivity contribution in [2.75, 3.05) is 17.2 Å². The number of β-lactam (4-membered cyclic amide) rings is 1. The number of carboxylic acid groups (broad SMARTS) is 2. The molecular formula is C20H17N9O7S3. The molecular weight excluding hydrogens is 574 g/mol. The Balaban J connectivity index is 1.34. The number of thioether (sulfide) groups is 2. The number of carboxylic acids is 2. The van der Waals surface area contributed by atoms with Gasteiger partial charge in [-0.3, -0.25) is 14.5 Å². The van der Waals surface area contributed by atoms with Crippen LogP contribution in [0.4, 0.5) is 5.13 Å². The number of nitrogen functional groups attached to an aromatic ring is 1. The summed E-state index contributed by atoms with van der Waals surface area (Å²) >= 11 is 3.47. The van der Waals surface area contributed by atoms with Crippen LogP contribution in [-0.2, 0) is 14.4 Å². The smallest absolute Gasteiger partial charge is 0.375 e. The monoisotopic (exact) mass is 591 g/mol. The number of aromatic nitrogens is 5. The zero-order valence-corrected chi connectivity index (χ0v) is 22.1. The highest BCUT2D eigenvalue weighted by molar-refractivity contribution is 8.01. The van der Waals surface area contributed by atoms with Crippen LogP contribution in [0.25, 0.3) is 5.78 Å². The molecule has 3 unspecified atom stereocenters. The lowest BCUT2D eigenvalue weighted by atomic mass is 10.0. The van der Waals surface area contributed by atoms with Gasteiger partial charge < -0.3 is 21.3 Å². The highest BCUT2D eigenvalue weighted by Crippen LogP contribution is 2.42. The Morgan fingerprint density at radius 3 is 2.69 bits per heavy atom. The van der Waals surface area contributed by atoms with Gasteiger partial charge >= 0.3 is 11.9 Å². The van der Waals surface area contributed by atoms with Gasteiger partial charge in [0.1, 0.15) is 22.1 Å². The lowest BCUT2D eigenvalue weighted by Crippen LogP contribution is -2.70. The molecule has 202 valence electrons. The molecule has 2 aliphatic heterocycles. The summed E-state index contributed by atoms with van der Waals surface area (Å²) in [4.78, 5) is 73.5. The molecule has 0 spiro atoms. The van der Waals surface area contributed by atoms with Crippen molar-refractivity contribution in [3.63, 3.8) is 0 Å². The number of aryl methyl sites for hydroxylation is 1. The highest BCUT2D eigenvalue weighted by atomic mass is 32.2. The molecule has 39 heavy (non-hydrogen) atoms. The first-order valence-electron chi connectivity index (χ1n) is 10.9. The molecule has 1 saturated heterocycles. The topological polar surface area (TPSA) is 235 Å². The first-order chi connectivity index (χ1) is 18.6. The molecule has 0 aliphatic carbocycles. The summed E-state index contributed by atoms with van der Waals surface area (Å²) < 4.78 is 1.26. The first-order valence-corrected chi connectivity index (χ1v) is 13.8. The van der Waals surface area contributed by atoms with Crippen LogP contribution in [0.3, 0.4) is 0 Å². The van der Waals surface area contributed by atoms with Crippen LogP contribution in [0.15, 0.2) is 32.9 Å². The summed E-state index contributed by atoms with van der Waals surface area (Å²) in [6.07, 6.45) is 0. The van der Waals surface area contributed by atoms with Gasteiger partial charge in [0.05, 0.1) is 5.69 Å². The highest BCUT2D eigenvalue weighted by Gasteiger charge is 2.54. The minimum absolute atomic E-state index is 0.0543. The van der Waals surface area contributed by atoms with E-state index >= 15 is 0 Å². The number of carbonyl (C=O) groups is 4. The lowest BCUT2D eigenvalue weighted by Gasteiger charge is -2.49. The van der Waals surface area contributed by atoms with Crippen LogP contribution in [0.2, 0.25) is 0 Å². The number of nitrogens with one attached hydrogen (secondary N) is 1. The molecule has 0 radical (unpaired) electrons. The van der Waals surface area contributed by atoms with Crippen molar-refractivity contribution in [3.05, 3.63) is 44.8 Å². The Bertz CT molecular complexity index is 1590. The third-order valence-corrected chi connectivity index (χ3v) is 8.83. The van der Waals surface area contributed by atoms with E-state index in [1.165, 1.54) is 33.4 Å². The molecule has 0 bridgehead atoms. The number of aliphatic carboxylic acids is 1. The van der Waals surface area contributed by atoms with Gasteiger partial charge in [-0.2, -0.15) is 9.50 Å². The van der Waals surface area contributed by atoms with Gasteiger partial charge in [-0.25, -0.2) is 19.6 Å². The van der Waals surface area contributed by atoms with Crippen molar-refractivity contribution in [2.24, 2.45) is 5.18 Å². The van der Waals surface area contributed by atoms with E-state index in [0.717, 1.165) is 16.2 Å². The summed E-state index contributed by atoms with van der Waals surface area (Å²) in [5.74, 6) is -4.09. The number of nitroso groups, excluding NO2 is 1. The summed E-state index contributed by atoms with van der Waals surface area (Å²) in [6.45, 7) is 1.70. The quantitative estimate of drug-likeness (QED) is 0.115. The molecule has 0 saturated carbocycles. The maximum absolute atomic E-state index is 13.0. The number of aromatic carboxylic acids is 1. The normalized spacial score (nSPS) is 19.4. The van der Waals surface area contributed by atoms with Crippen molar-refractivity contribution in [1.82, 2.24) is 34.8 Å². The maximum atomic E-state index is 13.0. The van der Waals surface area contributed by atoms with Gasteiger partial charge in [0.15, 0.2) is 5.13 Å². The number of hydrogen-bond acceptors (Lipinski definition) is 14. The largest absolute Gasteiger partial charge is 0.477 e. The van der Waals surface area contributed by atoms with Crippen molar-refractivity contribution >= 4 is 69.5 Å². The number of amides is 2. The average Bonchev–Trinajstić information content (AvgIpc) is 3.52. The second kappa shape index (κ2) is 10.2. The van der Waals surface area contributed by atoms with Crippen LogP contribution in [0.5, 0.6) is 0 Å². The van der Waals surface area contributed by atoms with Crippen LogP contribution >= 0.6 is 34.9 Å². The van der Waals surface area contributed by atoms with Crippen molar-refractivity contribution < 1.29 is 29.4 Å². The molecule has 3 aromatic heterocycles. The summed E-state index contributed by atoms with van der Waals surface area (Å²) in [5, 5.41) is 29.7. The number of hydrogen-bond donors (Lipinski definition) is 4. The van der Waals surface area contributed by atoms with E-state index in [4.69, 9.17) is 5.73 Å². The average molecular weight is 592 g/mol. The lowest BCUT2D eigenvalue weighted by molar-refractivity contribution is -0.150. The number of rotatable bonds is 9. The fraction of sp³-hybridized carbons (Fsp3) is 0.300. The molecule has 5 N–H and O–H groups in total. The number of carbonyl (C=O) groups excluding carboxylic acids is 2. The molecule has 3 atom stereocenters. The summed E-state index contributed by atoms with van der Waals surface area (Å²) in [6, 6.07) is -0.904. The van der Waals surface area contributed by atoms with Gasteiger partial charge in [0.2, 0.25) is 6.04 Å². The van der Waals surface area contributed by atoms with E-state index in [-0.39, 0.29) is 33.8 Å². The summed E-state index contributed by atoms with van der Waals surface area (Å²) in [5.41, 5.74) is 6.41. The Morgan fingerprint density at radius 1 is 1.28 bits per heavy atom. The van der Waals surface area contributed by atoms with E-state index < -0.39 is 47.0 Å². The number of nitrogens with two attached hydrogens (primary N) is 1. The first kappa shape index (κ1) is 26.5. The number of fused-ring (bicyclic) bond motifs is 2. The summed E-state index contributed by atoms with van der Waals surface area (Å²) in [7, 11) is 0. The minimum Gasteiger partial charge on any atom is -0.477 e. The molecule has 3 aromatic rings. The number of anilines is 1. The minimum atomic E-state index is -1.51. The van der Waals surface area contributed by atoms with Gasteiger partial charge in [-0.15, -0.1) is 44.9 Å². The van der Waals surface area contributed by atoms with E-state index in [0.29, 0.717) is 16.3 Å². The Kier molecular flexibility index (Phi) is 6.95. The van der Waals surface area contributed by atoms with Gasteiger partial charge in [0, 0.05) is 22.6 Å². The third-order valence-electron chi connectivity index (χ3n) is 5.71. The Morgan fingerprint density at radius 2 is 2.05 bits per heavy atom. The van der Waals surface area contributed by atoms with E-state index in [9.17, 15) is 34.3 Å². The predicted molar refractivity (Wildman–Crippen MR) is 138 cm³/mol. The maximum Gasteiger partial charge on any atom is 0.375 e. The molecule has 0 aromatic carbocycles. The SMILES string of the molecule is Cc1cc(SCC2=C(C(=O)O)N3C(=O)C(NC(=O)C(N=O)c4csc(N)n4)C3SC2)n2nc(C(=O)O)nc2n1. The molecule has 16 nitrogen and oxygen atoms in total. The van der Waals surface area contributed by atoms with Crippen LogP contribution in [0, 0.1) is 11.8 Å². The Labute approximate surface area is 230 Å². The fourth-order valence-electron chi connectivity index (χ4n) is 4.00. The van der Waals surface area contributed by atoms with Crippen molar-refractivity contribution in [3.8, 4) is 0 Å². The standard InChI is InChI=1S/C20H17N9O7S3/c1-6-2-9(29-20(22-6)25-13(26-29)18(34)35)37-3-7-4-38-16-11(15(31)28(16)12(7)17(32)33)24-14(30)10(27-36)8-5-39-19(21)23-8/h2,5,10-11,16H,3-4H2,1H3,(H2,21,23)(H,24,30)(H,32,33)(H,34,35). The third kappa shape index (κ3) is 4.79. The Hall–Kier alpha value is -4.10. The van der Waals surface area contributed by atoms with Crippen molar-refractivity contribution in [1.29, 1.82) is 0 Å². The van der Waals surface area contributed by atoms with E-state index in [2.05, 4.69) is 30.5 Å². The zero-order valence-electron chi connectivity index (χ0n) is 19.7. The number of thiazole rings is 1. The van der Waals surface area contributed by atoms with Gasteiger partial charge in [0.25, 0.3) is 23.4 Å². The van der Waals surface area contributed by atoms with E-state index in [1.807, 2.05) is 0 Å². The number of nitrogens with zero attached hydrogens (tertiary/aromatic N) is 7. The zero-order chi connectivity index (χ0) is 28.0. The molecule has 1 fully saturated rings.